The second kappa shape index (κ2) is 9.54. The van der Waals surface area contributed by atoms with Crippen LogP contribution in [0.3, 0.4) is 0 Å². The SMILES string of the molecule is CCCC(CCC)C(=O)Nc1cccc(CCCN)c1. The standard InChI is InChI=1S/C17H28N2O/c1-3-7-15(8-4-2)17(20)19-16-11-5-9-14(13-16)10-6-12-18/h5,9,11,13,15H,3-4,6-8,10,12,18H2,1-2H3,(H,19,20). The van der Waals surface area contributed by atoms with Crippen LogP contribution in [0.2, 0.25) is 0 Å². The van der Waals surface area contributed by atoms with Gasteiger partial charge < -0.3 is 11.1 Å². The van der Waals surface area contributed by atoms with E-state index in [4.69, 9.17) is 5.73 Å². The first-order chi connectivity index (χ1) is 9.71. The Kier molecular flexibility index (Phi) is 7.97. The normalized spacial score (nSPS) is 10.8. The van der Waals surface area contributed by atoms with Crippen molar-refractivity contribution in [2.45, 2.75) is 52.4 Å². The topological polar surface area (TPSA) is 55.1 Å². The molecule has 1 amide bonds. The van der Waals surface area contributed by atoms with Crippen LogP contribution in [0, 0.1) is 5.92 Å². The Bertz CT molecular complexity index is 398. The molecule has 1 rings (SSSR count). The summed E-state index contributed by atoms with van der Waals surface area (Å²) in [5.41, 5.74) is 7.67. The van der Waals surface area contributed by atoms with Crippen molar-refractivity contribution in [3.05, 3.63) is 29.8 Å². The smallest absolute Gasteiger partial charge is 0.227 e. The van der Waals surface area contributed by atoms with Crippen molar-refractivity contribution in [1.82, 2.24) is 0 Å². The molecule has 0 atom stereocenters. The monoisotopic (exact) mass is 276 g/mol. The van der Waals surface area contributed by atoms with Gasteiger partial charge in [0.1, 0.15) is 0 Å². The summed E-state index contributed by atoms with van der Waals surface area (Å²) in [4.78, 5) is 12.3. The molecule has 3 heteroatoms. The second-order valence-corrected chi connectivity index (χ2v) is 5.36. The molecule has 0 bridgehead atoms. The van der Waals surface area contributed by atoms with Crippen LogP contribution in [0.5, 0.6) is 0 Å². The molecule has 0 aliphatic carbocycles. The molecule has 112 valence electrons. The molecule has 20 heavy (non-hydrogen) atoms. The highest BCUT2D eigenvalue weighted by molar-refractivity contribution is 5.92. The van der Waals surface area contributed by atoms with Gasteiger partial charge in [0.05, 0.1) is 0 Å². The summed E-state index contributed by atoms with van der Waals surface area (Å²) in [5.74, 6) is 0.294. The zero-order valence-corrected chi connectivity index (χ0v) is 12.8. The highest BCUT2D eigenvalue weighted by Crippen LogP contribution is 2.18. The first kappa shape index (κ1) is 16.7. The van der Waals surface area contributed by atoms with E-state index in [0.29, 0.717) is 6.54 Å². The van der Waals surface area contributed by atoms with Crippen LogP contribution in [0.4, 0.5) is 5.69 Å². The van der Waals surface area contributed by atoms with Crippen molar-refractivity contribution in [2.24, 2.45) is 11.7 Å². The molecule has 3 nitrogen and oxygen atoms in total. The third-order valence-electron chi connectivity index (χ3n) is 3.51. The molecule has 1 aromatic rings. The van der Waals surface area contributed by atoms with Crippen LogP contribution in [0.25, 0.3) is 0 Å². The summed E-state index contributed by atoms with van der Waals surface area (Å²) >= 11 is 0. The fourth-order valence-electron chi connectivity index (χ4n) is 2.46. The summed E-state index contributed by atoms with van der Waals surface area (Å²) in [5, 5.41) is 3.06. The van der Waals surface area contributed by atoms with Gasteiger partial charge >= 0.3 is 0 Å². The van der Waals surface area contributed by atoms with Gasteiger partial charge in [-0.1, -0.05) is 38.8 Å². The molecule has 0 saturated heterocycles. The molecule has 0 fully saturated rings. The number of carbonyl (C=O) groups is 1. The summed E-state index contributed by atoms with van der Waals surface area (Å²) in [7, 11) is 0. The van der Waals surface area contributed by atoms with Crippen LogP contribution in [-0.2, 0) is 11.2 Å². The van der Waals surface area contributed by atoms with Gasteiger partial charge in [0, 0.05) is 11.6 Å². The molecule has 0 aliphatic heterocycles. The summed E-state index contributed by atoms with van der Waals surface area (Å²) in [6.45, 7) is 4.96. The molecule has 0 heterocycles. The lowest BCUT2D eigenvalue weighted by Crippen LogP contribution is -2.22. The minimum atomic E-state index is 0.137. The van der Waals surface area contributed by atoms with Crippen molar-refractivity contribution in [3.63, 3.8) is 0 Å². The van der Waals surface area contributed by atoms with Crippen molar-refractivity contribution >= 4 is 11.6 Å². The molecule has 0 aromatic heterocycles. The van der Waals surface area contributed by atoms with Gasteiger partial charge in [0.25, 0.3) is 0 Å². The number of carbonyl (C=O) groups excluding carboxylic acids is 1. The van der Waals surface area contributed by atoms with E-state index in [0.717, 1.165) is 44.2 Å². The maximum absolute atomic E-state index is 12.3. The third-order valence-corrected chi connectivity index (χ3v) is 3.51. The molecule has 0 aliphatic rings. The highest BCUT2D eigenvalue weighted by Gasteiger charge is 2.16. The summed E-state index contributed by atoms with van der Waals surface area (Å²) < 4.78 is 0. The number of benzene rings is 1. The number of nitrogens with one attached hydrogen (secondary N) is 1. The average molecular weight is 276 g/mol. The molecule has 0 unspecified atom stereocenters. The quantitative estimate of drug-likeness (QED) is 0.722. The molecule has 3 N–H and O–H groups in total. The zero-order valence-electron chi connectivity index (χ0n) is 12.8. The van der Waals surface area contributed by atoms with E-state index in [-0.39, 0.29) is 11.8 Å². The summed E-state index contributed by atoms with van der Waals surface area (Å²) in [6.07, 6.45) is 5.97. The molecule has 0 spiro atoms. The molecule has 1 aromatic carbocycles. The van der Waals surface area contributed by atoms with Crippen LogP contribution in [0.1, 0.15) is 51.5 Å². The van der Waals surface area contributed by atoms with Crippen molar-refractivity contribution in [2.75, 3.05) is 11.9 Å². The van der Waals surface area contributed by atoms with Gasteiger partial charge in [-0.25, -0.2) is 0 Å². The van der Waals surface area contributed by atoms with Gasteiger partial charge in [0.2, 0.25) is 5.91 Å². The number of hydrogen-bond donors (Lipinski definition) is 2. The predicted molar refractivity (Wildman–Crippen MR) is 85.8 cm³/mol. The maximum atomic E-state index is 12.3. The van der Waals surface area contributed by atoms with Gasteiger partial charge in [-0.05, 0) is 49.9 Å². The Morgan fingerprint density at radius 3 is 2.55 bits per heavy atom. The predicted octanol–water partition coefficient (Wildman–Crippen LogP) is 3.73. The van der Waals surface area contributed by atoms with Crippen LogP contribution in [0.15, 0.2) is 24.3 Å². The van der Waals surface area contributed by atoms with Crippen LogP contribution >= 0.6 is 0 Å². The second-order valence-electron chi connectivity index (χ2n) is 5.36. The number of hydrogen-bond acceptors (Lipinski definition) is 2. The Balaban J connectivity index is 2.63. The number of aryl methyl sites for hydroxylation is 1. The Hall–Kier alpha value is -1.35. The number of amides is 1. The highest BCUT2D eigenvalue weighted by atomic mass is 16.1. The number of anilines is 1. The van der Waals surface area contributed by atoms with Crippen molar-refractivity contribution in [1.29, 1.82) is 0 Å². The van der Waals surface area contributed by atoms with E-state index in [1.807, 2.05) is 12.1 Å². The van der Waals surface area contributed by atoms with E-state index in [1.54, 1.807) is 0 Å². The van der Waals surface area contributed by atoms with Gasteiger partial charge in [-0.15, -0.1) is 0 Å². The molecular weight excluding hydrogens is 248 g/mol. The van der Waals surface area contributed by atoms with E-state index >= 15 is 0 Å². The van der Waals surface area contributed by atoms with Crippen molar-refractivity contribution in [3.8, 4) is 0 Å². The number of rotatable bonds is 9. The average Bonchev–Trinajstić information content (AvgIpc) is 2.45. The van der Waals surface area contributed by atoms with Gasteiger partial charge in [-0.3, -0.25) is 4.79 Å². The molecule has 0 saturated carbocycles. The number of nitrogens with two attached hydrogens (primary N) is 1. The third kappa shape index (κ3) is 5.74. The lowest BCUT2D eigenvalue weighted by atomic mass is 9.97. The molecule has 0 radical (unpaired) electrons. The van der Waals surface area contributed by atoms with E-state index in [1.165, 1.54) is 5.56 Å². The largest absolute Gasteiger partial charge is 0.330 e. The molecular formula is C17H28N2O. The zero-order chi connectivity index (χ0) is 14.8. The lowest BCUT2D eigenvalue weighted by Gasteiger charge is -2.15. The van der Waals surface area contributed by atoms with E-state index in [9.17, 15) is 4.79 Å². The van der Waals surface area contributed by atoms with Crippen LogP contribution < -0.4 is 11.1 Å². The van der Waals surface area contributed by atoms with E-state index in [2.05, 4.69) is 31.3 Å². The van der Waals surface area contributed by atoms with Gasteiger partial charge in [-0.2, -0.15) is 0 Å². The first-order valence-electron chi connectivity index (χ1n) is 7.81. The minimum absolute atomic E-state index is 0.137. The summed E-state index contributed by atoms with van der Waals surface area (Å²) in [6, 6.07) is 8.10. The minimum Gasteiger partial charge on any atom is -0.330 e. The first-order valence-corrected chi connectivity index (χ1v) is 7.81. The fraction of sp³-hybridized carbons (Fsp3) is 0.588. The Labute approximate surface area is 122 Å². The lowest BCUT2D eigenvalue weighted by molar-refractivity contribution is -0.120. The Morgan fingerprint density at radius 1 is 1.25 bits per heavy atom. The van der Waals surface area contributed by atoms with Crippen LogP contribution in [-0.4, -0.2) is 12.5 Å². The fourth-order valence-corrected chi connectivity index (χ4v) is 2.46. The van der Waals surface area contributed by atoms with E-state index < -0.39 is 0 Å². The van der Waals surface area contributed by atoms with Gasteiger partial charge in [0.15, 0.2) is 0 Å². The Morgan fingerprint density at radius 2 is 1.95 bits per heavy atom. The van der Waals surface area contributed by atoms with Crippen molar-refractivity contribution < 1.29 is 4.79 Å². The maximum Gasteiger partial charge on any atom is 0.227 e.